The normalized spacial score (nSPS) is 14.6. The third kappa shape index (κ3) is 8.03. The summed E-state index contributed by atoms with van der Waals surface area (Å²) in [6.07, 6.45) is -2.96. The molecule has 0 bridgehead atoms. The Morgan fingerprint density at radius 1 is 1.13 bits per heavy atom. The Kier molecular flexibility index (Phi) is 10.2. The van der Waals surface area contributed by atoms with Crippen LogP contribution in [0.1, 0.15) is 16.8 Å². The van der Waals surface area contributed by atoms with E-state index in [1.165, 1.54) is 17.0 Å². The number of alkyl halides is 2. The van der Waals surface area contributed by atoms with E-state index in [0.29, 0.717) is 36.5 Å². The topological polar surface area (TPSA) is 122 Å². The van der Waals surface area contributed by atoms with E-state index in [1.807, 2.05) is 52.7 Å². The van der Waals surface area contributed by atoms with Gasteiger partial charge >= 0.3 is 19.6 Å². The highest BCUT2D eigenvalue weighted by molar-refractivity contribution is 6.45. The zero-order valence-corrected chi connectivity index (χ0v) is 25.1. The molecule has 1 atom stereocenters. The Labute approximate surface area is 263 Å². The molecule has 0 radical (unpaired) electrons. The van der Waals surface area contributed by atoms with E-state index >= 15 is 4.39 Å². The van der Waals surface area contributed by atoms with Crippen molar-refractivity contribution in [3.63, 3.8) is 0 Å². The zero-order chi connectivity index (χ0) is 32.8. The second-order valence-corrected chi connectivity index (χ2v) is 10.8. The average Bonchev–Trinajstić information content (AvgIpc) is 3.65. The minimum atomic E-state index is -3.17. The molecule has 1 aliphatic rings. The van der Waals surface area contributed by atoms with Gasteiger partial charge in [0.15, 0.2) is 0 Å². The Morgan fingerprint density at radius 3 is 2.50 bits per heavy atom. The van der Waals surface area contributed by atoms with Crippen molar-refractivity contribution >= 4 is 24.7 Å². The minimum absolute atomic E-state index is 0.0331. The lowest BCUT2D eigenvalue weighted by molar-refractivity contribution is -0.132. The lowest BCUT2D eigenvalue weighted by Crippen LogP contribution is -2.37. The van der Waals surface area contributed by atoms with Gasteiger partial charge in [0.05, 0.1) is 44.3 Å². The Bertz CT molecular complexity index is 1660. The van der Waals surface area contributed by atoms with Crippen molar-refractivity contribution in [2.24, 2.45) is 0 Å². The van der Waals surface area contributed by atoms with Crippen LogP contribution in [0.2, 0.25) is 6.82 Å². The number of methoxy groups -OCH3 is 1. The fourth-order valence-corrected chi connectivity index (χ4v) is 4.99. The van der Waals surface area contributed by atoms with Crippen LogP contribution in [0.3, 0.4) is 0 Å². The molecule has 4 aromatic rings. The van der Waals surface area contributed by atoms with Crippen LogP contribution < -0.4 is 15.0 Å². The molecular formula is C31H32BF3N6O5. The molecule has 46 heavy (non-hydrogen) atoms. The number of cyclic esters (lactones) is 1. The first-order chi connectivity index (χ1) is 22.1. The average molecular weight is 636 g/mol. The molecule has 1 aliphatic heterocycles. The number of rotatable bonds is 13. The Hall–Kier alpha value is -4.89. The number of anilines is 1. The lowest BCUT2D eigenvalue weighted by Gasteiger charge is -2.22. The number of halogens is 3. The van der Waals surface area contributed by atoms with Gasteiger partial charge in [-0.25, -0.2) is 13.9 Å². The summed E-state index contributed by atoms with van der Waals surface area (Å²) in [7, 11) is 0.846. The van der Waals surface area contributed by atoms with E-state index in [4.69, 9.17) is 9.47 Å². The molecule has 2 heterocycles. The molecular weight excluding hydrogens is 604 g/mol. The molecule has 2 amide bonds. The summed E-state index contributed by atoms with van der Waals surface area (Å²) in [6.45, 7) is 2.66. The predicted octanol–water partition coefficient (Wildman–Crippen LogP) is 3.96. The maximum absolute atomic E-state index is 15.2. The first-order valence-electron chi connectivity index (χ1n) is 14.5. The van der Waals surface area contributed by atoms with Crippen molar-refractivity contribution < 1.29 is 37.3 Å². The third-order valence-corrected chi connectivity index (χ3v) is 7.47. The van der Waals surface area contributed by atoms with Crippen LogP contribution in [0.4, 0.5) is 23.7 Å². The molecule has 5 rings (SSSR count). The molecule has 1 aromatic heterocycles. The van der Waals surface area contributed by atoms with E-state index in [2.05, 4.69) is 10.3 Å². The van der Waals surface area contributed by atoms with Crippen LogP contribution in [0, 0.1) is 5.82 Å². The molecule has 1 fully saturated rings. The monoisotopic (exact) mass is 636 g/mol. The third-order valence-electron chi connectivity index (χ3n) is 7.47. The summed E-state index contributed by atoms with van der Waals surface area (Å²) >= 11 is 0. The fraction of sp³-hybridized carbons (Fsp3) is 0.290. The molecule has 0 spiro atoms. The largest absolute Gasteiger partial charge is 0.497 e. The van der Waals surface area contributed by atoms with Crippen LogP contribution in [-0.2, 0) is 29.2 Å². The molecule has 2 N–H and O–H groups in total. The van der Waals surface area contributed by atoms with Crippen molar-refractivity contribution in [3.05, 3.63) is 95.6 Å². The number of carbonyl (C=O) groups excluding carboxylic acids is 2. The number of ether oxygens (including phenoxy) is 2. The summed E-state index contributed by atoms with van der Waals surface area (Å²) in [5.74, 6) is -1.26. The van der Waals surface area contributed by atoms with Gasteiger partial charge in [-0.1, -0.05) is 41.6 Å². The number of benzene rings is 3. The quantitative estimate of drug-likeness (QED) is 0.212. The van der Waals surface area contributed by atoms with E-state index in [9.17, 15) is 23.4 Å². The zero-order valence-electron chi connectivity index (χ0n) is 25.1. The van der Waals surface area contributed by atoms with Crippen molar-refractivity contribution in [2.45, 2.75) is 39.0 Å². The molecule has 240 valence electrons. The fourth-order valence-electron chi connectivity index (χ4n) is 4.99. The van der Waals surface area contributed by atoms with Gasteiger partial charge in [0.25, 0.3) is 5.91 Å². The Morgan fingerprint density at radius 2 is 1.85 bits per heavy atom. The first kappa shape index (κ1) is 32.5. The number of nitrogens with zero attached hydrogens (tertiary/aromatic N) is 5. The second-order valence-electron chi connectivity index (χ2n) is 10.8. The summed E-state index contributed by atoms with van der Waals surface area (Å²) in [5.41, 5.74) is 3.77. The van der Waals surface area contributed by atoms with E-state index in [0.717, 1.165) is 16.9 Å². The number of nitrogens with one attached hydrogen (secondary N) is 1. The summed E-state index contributed by atoms with van der Waals surface area (Å²) < 4.78 is 52.1. The highest BCUT2D eigenvalue weighted by Crippen LogP contribution is 2.29. The minimum Gasteiger partial charge on any atom is -0.497 e. The first-order valence-corrected chi connectivity index (χ1v) is 14.5. The Balaban J connectivity index is 1.19. The molecule has 0 unspecified atom stereocenters. The molecule has 1 saturated heterocycles. The standard InChI is InChI=1S/C31H32BF3N6O5/c1-32(44)39(17-23-18-40(38-37-23)16-21-5-10-25(45-2)11-6-21)15-20-3-7-22(8-4-20)27-12-9-24(13-28(27)33)41-19-26(46-31(41)43)14-36-30(42)29(34)35/h3-13,18,26,29,44H,14-17,19H2,1-2H3,(H,36,42)/t26-/m0/s1. The summed E-state index contributed by atoms with van der Waals surface area (Å²) in [4.78, 5) is 26.4. The number of amides is 2. The molecule has 0 aliphatic carbocycles. The van der Waals surface area contributed by atoms with Crippen molar-refractivity contribution in [1.29, 1.82) is 0 Å². The smallest absolute Gasteiger partial charge is 0.414 e. The molecule has 11 nitrogen and oxygen atoms in total. The predicted molar refractivity (Wildman–Crippen MR) is 164 cm³/mol. The molecule has 15 heteroatoms. The van der Waals surface area contributed by atoms with Crippen LogP contribution in [0.25, 0.3) is 11.1 Å². The second kappa shape index (κ2) is 14.5. The molecule has 0 saturated carbocycles. The number of carbonyl (C=O) groups is 2. The van der Waals surface area contributed by atoms with Gasteiger partial charge in [-0.15, -0.1) is 5.10 Å². The van der Waals surface area contributed by atoms with Gasteiger partial charge in [0.2, 0.25) is 0 Å². The van der Waals surface area contributed by atoms with Gasteiger partial charge < -0.3 is 24.6 Å². The maximum Gasteiger partial charge on any atom is 0.414 e. The van der Waals surface area contributed by atoms with Gasteiger partial charge in [0.1, 0.15) is 17.7 Å². The molecule has 3 aromatic carbocycles. The highest BCUT2D eigenvalue weighted by Gasteiger charge is 2.33. The number of hydrogen-bond acceptors (Lipinski definition) is 8. The van der Waals surface area contributed by atoms with E-state index in [-0.39, 0.29) is 18.8 Å². The summed E-state index contributed by atoms with van der Waals surface area (Å²) in [6, 6.07) is 19.2. The van der Waals surface area contributed by atoms with Crippen molar-refractivity contribution in [2.75, 3.05) is 25.1 Å². The number of hydrogen-bond donors (Lipinski definition) is 2. The van der Waals surface area contributed by atoms with Crippen molar-refractivity contribution in [1.82, 2.24) is 25.1 Å². The van der Waals surface area contributed by atoms with Crippen LogP contribution >= 0.6 is 0 Å². The van der Waals surface area contributed by atoms with Gasteiger partial charge in [-0.3, -0.25) is 9.69 Å². The number of aromatic nitrogens is 3. The SMILES string of the molecule is COc1ccc(Cn2cc(CN(Cc3ccc(-c4ccc(N5C[C@H](CNC(=O)C(F)F)OC5=O)cc4F)cc3)B(C)O)nn2)cc1. The van der Waals surface area contributed by atoms with E-state index in [1.54, 1.807) is 36.8 Å². The van der Waals surface area contributed by atoms with Crippen LogP contribution in [-0.4, -0.2) is 76.6 Å². The van der Waals surface area contributed by atoms with Gasteiger partial charge in [-0.05, 0) is 53.8 Å². The lowest BCUT2D eigenvalue weighted by atomic mass is 9.84. The van der Waals surface area contributed by atoms with Crippen LogP contribution in [0.15, 0.2) is 72.9 Å². The van der Waals surface area contributed by atoms with E-state index < -0.39 is 37.4 Å². The summed E-state index contributed by atoms with van der Waals surface area (Å²) in [5, 5.41) is 20.9. The van der Waals surface area contributed by atoms with Crippen LogP contribution in [0.5, 0.6) is 5.75 Å². The maximum atomic E-state index is 15.2. The van der Waals surface area contributed by atoms with Gasteiger partial charge in [0, 0.05) is 18.7 Å². The van der Waals surface area contributed by atoms with Crippen molar-refractivity contribution in [3.8, 4) is 16.9 Å². The highest BCUT2D eigenvalue weighted by atomic mass is 19.3. The van der Waals surface area contributed by atoms with Gasteiger partial charge in [-0.2, -0.15) is 8.78 Å².